The number of hydrogen-bond donors (Lipinski definition) is 0. The fourth-order valence-electron chi connectivity index (χ4n) is 3.38. The topological polar surface area (TPSA) is 55.2 Å². The summed E-state index contributed by atoms with van der Waals surface area (Å²) in [6.45, 7) is 6.16. The van der Waals surface area contributed by atoms with Crippen molar-refractivity contribution < 1.29 is 4.79 Å². The standard InChI is InChI=1S/C17H21N3O2/c1-12-7-13(2)10-19(9-12)17(22)11-20-15-6-4-3-5-14(15)16(21)8-18-20/h3-6,8,12-13H,7,9-11H2,1-2H3. The first-order valence-electron chi connectivity index (χ1n) is 7.77. The summed E-state index contributed by atoms with van der Waals surface area (Å²) >= 11 is 0. The Kier molecular flexibility index (Phi) is 3.96. The van der Waals surface area contributed by atoms with Gasteiger partial charge in [-0.2, -0.15) is 5.10 Å². The van der Waals surface area contributed by atoms with Crippen LogP contribution in [0.4, 0.5) is 0 Å². The van der Waals surface area contributed by atoms with E-state index < -0.39 is 0 Å². The fourth-order valence-corrected chi connectivity index (χ4v) is 3.38. The van der Waals surface area contributed by atoms with Crippen LogP contribution in [0, 0.1) is 11.8 Å². The number of benzene rings is 1. The van der Waals surface area contributed by atoms with Crippen molar-refractivity contribution in [1.82, 2.24) is 14.7 Å². The lowest BCUT2D eigenvalue weighted by Crippen LogP contribution is -2.44. The molecule has 5 heteroatoms. The van der Waals surface area contributed by atoms with Gasteiger partial charge in [0.25, 0.3) is 0 Å². The highest BCUT2D eigenvalue weighted by Gasteiger charge is 2.25. The first kappa shape index (κ1) is 14.8. The second kappa shape index (κ2) is 5.91. The second-order valence-corrected chi connectivity index (χ2v) is 6.43. The molecule has 116 valence electrons. The molecule has 2 aromatic rings. The lowest BCUT2D eigenvalue weighted by Gasteiger charge is -2.35. The monoisotopic (exact) mass is 299 g/mol. The van der Waals surface area contributed by atoms with Crippen molar-refractivity contribution in [2.24, 2.45) is 11.8 Å². The molecule has 1 aromatic heterocycles. The van der Waals surface area contributed by atoms with Gasteiger partial charge in [-0.1, -0.05) is 26.0 Å². The van der Waals surface area contributed by atoms with E-state index in [2.05, 4.69) is 18.9 Å². The zero-order valence-corrected chi connectivity index (χ0v) is 13.0. The number of piperidine rings is 1. The molecule has 0 bridgehead atoms. The predicted octanol–water partition coefficient (Wildman–Crippen LogP) is 1.90. The van der Waals surface area contributed by atoms with Gasteiger partial charge in [0.1, 0.15) is 6.54 Å². The average molecular weight is 299 g/mol. The number of amides is 1. The normalized spacial score (nSPS) is 22.0. The van der Waals surface area contributed by atoms with E-state index in [0.29, 0.717) is 22.7 Å². The van der Waals surface area contributed by atoms with Gasteiger partial charge in [0.2, 0.25) is 11.3 Å². The molecule has 1 aromatic carbocycles. The quantitative estimate of drug-likeness (QED) is 0.851. The Morgan fingerprint density at radius 2 is 1.91 bits per heavy atom. The molecule has 5 nitrogen and oxygen atoms in total. The number of hydrogen-bond acceptors (Lipinski definition) is 3. The van der Waals surface area contributed by atoms with Crippen LogP contribution in [0.1, 0.15) is 20.3 Å². The maximum atomic E-state index is 12.6. The Hall–Kier alpha value is -2.17. The van der Waals surface area contributed by atoms with Gasteiger partial charge in [-0.3, -0.25) is 14.3 Å². The summed E-state index contributed by atoms with van der Waals surface area (Å²) in [6, 6.07) is 7.28. The summed E-state index contributed by atoms with van der Waals surface area (Å²) in [4.78, 5) is 26.3. The molecule has 1 aliphatic heterocycles. The third-order valence-electron chi connectivity index (χ3n) is 4.27. The van der Waals surface area contributed by atoms with Crippen molar-refractivity contribution >= 4 is 16.8 Å². The first-order valence-corrected chi connectivity index (χ1v) is 7.77. The van der Waals surface area contributed by atoms with Crippen molar-refractivity contribution in [2.45, 2.75) is 26.8 Å². The highest BCUT2D eigenvalue weighted by atomic mass is 16.2. The summed E-state index contributed by atoms with van der Waals surface area (Å²) < 4.78 is 1.63. The van der Waals surface area contributed by atoms with E-state index in [-0.39, 0.29) is 17.9 Å². The molecule has 0 spiro atoms. The molecule has 2 unspecified atom stereocenters. The number of likely N-dealkylation sites (tertiary alicyclic amines) is 1. The van der Waals surface area contributed by atoms with E-state index in [0.717, 1.165) is 13.1 Å². The molecule has 0 N–H and O–H groups in total. The Labute approximate surface area is 129 Å². The van der Waals surface area contributed by atoms with Crippen molar-refractivity contribution in [3.05, 3.63) is 40.7 Å². The molecule has 1 fully saturated rings. The van der Waals surface area contributed by atoms with Crippen molar-refractivity contribution in [2.75, 3.05) is 13.1 Å². The Balaban J connectivity index is 1.86. The Bertz CT molecular complexity index is 743. The molecular formula is C17H21N3O2. The molecule has 22 heavy (non-hydrogen) atoms. The van der Waals surface area contributed by atoms with Crippen LogP contribution in [-0.2, 0) is 11.3 Å². The van der Waals surface area contributed by atoms with E-state index in [9.17, 15) is 9.59 Å². The lowest BCUT2D eigenvalue weighted by atomic mass is 9.92. The van der Waals surface area contributed by atoms with E-state index >= 15 is 0 Å². The molecule has 2 atom stereocenters. The average Bonchev–Trinajstić information content (AvgIpc) is 2.49. The molecule has 1 aliphatic rings. The minimum absolute atomic E-state index is 0.0692. The zero-order valence-electron chi connectivity index (χ0n) is 13.0. The van der Waals surface area contributed by atoms with Gasteiger partial charge in [-0.25, -0.2) is 0 Å². The van der Waals surface area contributed by atoms with Gasteiger partial charge < -0.3 is 4.90 Å². The van der Waals surface area contributed by atoms with Gasteiger partial charge in [-0.15, -0.1) is 0 Å². The smallest absolute Gasteiger partial charge is 0.244 e. The van der Waals surface area contributed by atoms with E-state index in [1.807, 2.05) is 23.1 Å². The Morgan fingerprint density at radius 3 is 2.64 bits per heavy atom. The van der Waals surface area contributed by atoms with Gasteiger partial charge in [0, 0.05) is 18.5 Å². The lowest BCUT2D eigenvalue weighted by molar-refractivity contribution is -0.134. The minimum atomic E-state index is -0.112. The van der Waals surface area contributed by atoms with Crippen molar-refractivity contribution in [1.29, 1.82) is 0 Å². The predicted molar refractivity (Wildman–Crippen MR) is 85.5 cm³/mol. The summed E-state index contributed by atoms with van der Waals surface area (Å²) in [5, 5.41) is 4.74. The zero-order chi connectivity index (χ0) is 15.7. The third-order valence-corrected chi connectivity index (χ3v) is 4.27. The number of carbonyl (C=O) groups excluding carboxylic acids is 1. The van der Waals surface area contributed by atoms with Gasteiger partial charge >= 0.3 is 0 Å². The van der Waals surface area contributed by atoms with Crippen molar-refractivity contribution in [3.8, 4) is 0 Å². The molecule has 2 heterocycles. The van der Waals surface area contributed by atoms with Crippen molar-refractivity contribution in [3.63, 3.8) is 0 Å². The molecule has 1 saturated heterocycles. The van der Waals surface area contributed by atoms with Gasteiger partial charge in [0.05, 0.1) is 11.7 Å². The van der Waals surface area contributed by atoms with Crippen LogP contribution >= 0.6 is 0 Å². The van der Waals surface area contributed by atoms with E-state index in [4.69, 9.17) is 0 Å². The molecule has 0 aliphatic carbocycles. The second-order valence-electron chi connectivity index (χ2n) is 6.43. The number of nitrogens with zero attached hydrogens (tertiary/aromatic N) is 3. The summed E-state index contributed by atoms with van der Waals surface area (Å²) in [7, 11) is 0. The third kappa shape index (κ3) is 2.89. The van der Waals surface area contributed by atoms with Crippen LogP contribution in [0.3, 0.4) is 0 Å². The summed E-state index contributed by atoms with van der Waals surface area (Å²) in [5.41, 5.74) is 0.598. The minimum Gasteiger partial charge on any atom is -0.341 e. The van der Waals surface area contributed by atoms with Crippen LogP contribution in [-0.4, -0.2) is 33.7 Å². The first-order chi connectivity index (χ1) is 10.5. The van der Waals surface area contributed by atoms with Crippen LogP contribution in [0.15, 0.2) is 35.3 Å². The maximum absolute atomic E-state index is 12.6. The molecular weight excluding hydrogens is 278 g/mol. The number of carbonyl (C=O) groups is 1. The summed E-state index contributed by atoms with van der Waals surface area (Å²) in [5.74, 6) is 1.14. The molecule has 0 saturated carbocycles. The fraction of sp³-hybridized carbons (Fsp3) is 0.471. The largest absolute Gasteiger partial charge is 0.341 e. The number of para-hydroxylation sites is 1. The van der Waals surface area contributed by atoms with Crippen LogP contribution in [0.25, 0.3) is 10.9 Å². The molecule has 0 radical (unpaired) electrons. The maximum Gasteiger partial charge on any atom is 0.244 e. The van der Waals surface area contributed by atoms with Crippen LogP contribution < -0.4 is 5.43 Å². The number of aromatic nitrogens is 2. The highest BCUT2D eigenvalue weighted by Crippen LogP contribution is 2.21. The number of rotatable bonds is 2. The highest BCUT2D eigenvalue weighted by molar-refractivity contribution is 5.81. The van der Waals surface area contributed by atoms with E-state index in [1.54, 1.807) is 10.7 Å². The van der Waals surface area contributed by atoms with E-state index in [1.165, 1.54) is 12.6 Å². The van der Waals surface area contributed by atoms with Gasteiger partial charge in [0.15, 0.2) is 0 Å². The molecule has 1 amide bonds. The SMILES string of the molecule is CC1CC(C)CN(C(=O)Cn2ncc(=O)c3ccccc32)C1. The van der Waals surface area contributed by atoms with Crippen LogP contribution in [0.2, 0.25) is 0 Å². The van der Waals surface area contributed by atoms with Gasteiger partial charge in [-0.05, 0) is 30.4 Å². The Morgan fingerprint density at radius 1 is 1.23 bits per heavy atom. The van der Waals surface area contributed by atoms with Crippen LogP contribution in [0.5, 0.6) is 0 Å². The molecule has 3 rings (SSSR count). The number of fused-ring (bicyclic) bond motifs is 1. The summed E-state index contributed by atoms with van der Waals surface area (Å²) in [6.07, 6.45) is 2.46.